The Kier molecular flexibility index (Phi) is 3.68. The molecule has 0 unspecified atom stereocenters. The highest BCUT2D eigenvalue weighted by Crippen LogP contribution is 2.24. The number of carbonyl (C=O) groups excluding carboxylic acids is 1. The quantitative estimate of drug-likeness (QED) is 0.716. The van der Waals surface area contributed by atoms with Crippen LogP contribution >= 0.6 is 11.3 Å². The van der Waals surface area contributed by atoms with Gasteiger partial charge in [0.2, 0.25) is 5.91 Å². The summed E-state index contributed by atoms with van der Waals surface area (Å²) in [5.74, 6) is 1.23. The van der Waals surface area contributed by atoms with Gasteiger partial charge < -0.3 is 4.90 Å². The topological polar surface area (TPSA) is 59.6 Å². The van der Waals surface area contributed by atoms with Crippen molar-refractivity contribution in [2.24, 2.45) is 5.92 Å². The van der Waals surface area contributed by atoms with E-state index in [0.717, 1.165) is 42.0 Å². The van der Waals surface area contributed by atoms with Crippen LogP contribution in [0, 0.1) is 12.8 Å². The third kappa shape index (κ3) is 2.43. The highest BCUT2D eigenvalue weighted by Gasteiger charge is 2.22. The van der Waals surface area contributed by atoms with Crippen LogP contribution in [0.4, 0.5) is 0 Å². The summed E-state index contributed by atoms with van der Waals surface area (Å²) in [6.45, 7) is 5.60. The maximum atomic E-state index is 12.7. The van der Waals surface area contributed by atoms with Crippen molar-refractivity contribution in [3.63, 3.8) is 0 Å². The van der Waals surface area contributed by atoms with Gasteiger partial charge in [-0.15, -0.1) is 11.3 Å². The average Bonchev–Trinajstić information content (AvgIpc) is 3.13. The van der Waals surface area contributed by atoms with E-state index in [2.05, 4.69) is 12.0 Å². The average molecular weight is 344 g/mol. The van der Waals surface area contributed by atoms with Crippen LogP contribution in [-0.2, 0) is 11.3 Å². The zero-order valence-electron chi connectivity index (χ0n) is 13.9. The number of hydrogen-bond acceptors (Lipinski definition) is 4. The zero-order chi connectivity index (χ0) is 16.8. The molecule has 4 heterocycles. The smallest absolute Gasteiger partial charge is 0.291 e. The number of rotatable bonds is 2. The molecule has 1 atom stereocenters. The minimum atomic E-state index is -0.206. The molecule has 0 radical (unpaired) electrons. The first-order valence-electron chi connectivity index (χ1n) is 8.29. The molecule has 1 aliphatic rings. The van der Waals surface area contributed by atoms with E-state index in [1.165, 1.54) is 4.68 Å². The lowest BCUT2D eigenvalue weighted by atomic mass is 10.0. The summed E-state index contributed by atoms with van der Waals surface area (Å²) in [4.78, 5) is 28.2. The molecule has 4 rings (SSSR count). The molecule has 3 aromatic rings. The molecule has 0 aliphatic carbocycles. The second-order valence-corrected chi connectivity index (χ2v) is 7.54. The lowest BCUT2D eigenvalue weighted by Crippen LogP contribution is -2.42. The lowest BCUT2D eigenvalue weighted by molar-refractivity contribution is -0.133. The van der Waals surface area contributed by atoms with Gasteiger partial charge in [-0.05, 0) is 43.2 Å². The largest absolute Gasteiger partial charge is 0.341 e. The fourth-order valence-corrected chi connectivity index (χ4v) is 4.49. The summed E-state index contributed by atoms with van der Waals surface area (Å²) >= 11 is 1.59. The number of aromatic nitrogens is 3. The van der Waals surface area contributed by atoms with Gasteiger partial charge >= 0.3 is 0 Å². The third-order valence-corrected chi connectivity index (χ3v) is 5.66. The van der Waals surface area contributed by atoms with E-state index in [9.17, 15) is 9.59 Å². The summed E-state index contributed by atoms with van der Waals surface area (Å²) in [6.07, 6.45) is 2.19. The molecule has 0 spiro atoms. The summed E-state index contributed by atoms with van der Waals surface area (Å²) in [6, 6.07) is 3.88. The van der Waals surface area contributed by atoms with Crippen LogP contribution in [0.5, 0.6) is 0 Å². The van der Waals surface area contributed by atoms with Gasteiger partial charge in [-0.1, -0.05) is 6.92 Å². The van der Waals surface area contributed by atoms with Crippen molar-refractivity contribution in [2.75, 3.05) is 13.1 Å². The Balaban J connectivity index is 1.70. The minimum absolute atomic E-state index is 0.0156. The molecule has 0 N–H and O–H groups in total. The molecule has 1 saturated heterocycles. The Labute approximate surface area is 143 Å². The van der Waals surface area contributed by atoms with Crippen LogP contribution in [0.1, 0.15) is 25.6 Å². The maximum absolute atomic E-state index is 12.7. The van der Waals surface area contributed by atoms with Crippen molar-refractivity contribution in [2.45, 2.75) is 33.2 Å². The van der Waals surface area contributed by atoms with E-state index in [1.54, 1.807) is 11.3 Å². The number of carbonyl (C=O) groups is 1. The number of amides is 1. The first kappa shape index (κ1) is 15.4. The van der Waals surface area contributed by atoms with Gasteiger partial charge in [0.1, 0.15) is 22.7 Å². The normalized spacial score (nSPS) is 18.6. The van der Waals surface area contributed by atoms with Crippen molar-refractivity contribution < 1.29 is 4.79 Å². The molecule has 0 bridgehead atoms. The van der Waals surface area contributed by atoms with Crippen molar-refractivity contribution in [1.82, 2.24) is 19.1 Å². The van der Waals surface area contributed by atoms with E-state index < -0.39 is 0 Å². The number of piperidine rings is 1. The van der Waals surface area contributed by atoms with Crippen LogP contribution < -0.4 is 5.56 Å². The fourth-order valence-electron chi connectivity index (χ4n) is 3.55. The second kappa shape index (κ2) is 5.73. The highest BCUT2D eigenvalue weighted by atomic mass is 32.1. The van der Waals surface area contributed by atoms with E-state index in [-0.39, 0.29) is 18.0 Å². The molecule has 1 aliphatic heterocycles. The number of nitrogens with zero attached hydrogens (tertiary/aromatic N) is 4. The lowest BCUT2D eigenvalue weighted by Gasteiger charge is -2.31. The highest BCUT2D eigenvalue weighted by molar-refractivity contribution is 7.16. The third-order valence-electron chi connectivity index (χ3n) is 4.75. The molecule has 0 saturated carbocycles. The molecule has 1 fully saturated rings. The van der Waals surface area contributed by atoms with Crippen LogP contribution in [0.3, 0.4) is 0 Å². The zero-order valence-corrected chi connectivity index (χ0v) is 14.7. The molecule has 1 amide bonds. The second-order valence-electron chi connectivity index (χ2n) is 6.64. The van der Waals surface area contributed by atoms with Gasteiger partial charge in [-0.25, -0.2) is 4.68 Å². The number of fused-ring (bicyclic) bond motifs is 3. The molecule has 24 heavy (non-hydrogen) atoms. The standard InChI is InChI=1S/C17H20N4O2S/c1-11-4-3-6-19(9-11)15(22)10-20-16(23)14-8-13-5-7-24-17(13)21(14)12(2)18-20/h5,7-8,11H,3-4,6,9-10H2,1-2H3/t11-/m1/s1. The van der Waals surface area contributed by atoms with Crippen molar-refractivity contribution in [1.29, 1.82) is 0 Å². The van der Waals surface area contributed by atoms with E-state index in [4.69, 9.17) is 0 Å². The summed E-state index contributed by atoms with van der Waals surface area (Å²) < 4.78 is 3.20. The van der Waals surface area contributed by atoms with E-state index >= 15 is 0 Å². The maximum Gasteiger partial charge on any atom is 0.291 e. The first-order chi connectivity index (χ1) is 11.5. The number of likely N-dealkylation sites (tertiary alicyclic amines) is 1. The summed E-state index contributed by atoms with van der Waals surface area (Å²) in [7, 11) is 0. The predicted octanol–water partition coefficient (Wildman–Crippen LogP) is 2.28. The summed E-state index contributed by atoms with van der Waals surface area (Å²) in [5, 5.41) is 7.42. The molecule has 0 aromatic carbocycles. The Morgan fingerprint density at radius 3 is 3.08 bits per heavy atom. The molecular formula is C17H20N4O2S. The van der Waals surface area contributed by atoms with Gasteiger partial charge in [-0.3, -0.25) is 14.0 Å². The van der Waals surface area contributed by atoms with Crippen molar-refractivity contribution in [3.05, 3.63) is 33.7 Å². The first-order valence-corrected chi connectivity index (χ1v) is 9.16. The van der Waals surface area contributed by atoms with Crippen LogP contribution in [0.15, 0.2) is 22.3 Å². The number of thiophene rings is 1. The van der Waals surface area contributed by atoms with E-state index in [0.29, 0.717) is 11.4 Å². The fraction of sp³-hybridized carbons (Fsp3) is 0.471. The Morgan fingerprint density at radius 2 is 2.29 bits per heavy atom. The Bertz CT molecular complexity index is 984. The Hall–Kier alpha value is -2.15. The van der Waals surface area contributed by atoms with Gasteiger partial charge in [0, 0.05) is 18.5 Å². The molecular weight excluding hydrogens is 324 g/mol. The van der Waals surface area contributed by atoms with Crippen LogP contribution in [-0.4, -0.2) is 38.1 Å². The molecule has 7 heteroatoms. The van der Waals surface area contributed by atoms with Crippen LogP contribution in [0.25, 0.3) is 15.7 Å². The molecule has 3 aromatic heterocycles. The monoisotopic (exact) mass is 344 g/mol. The van der Waals surface area contributed by atoms with Crippen molar-refractivity contribution >= 4 is 33.0 Å². The van der Waals surface area contributed by atoms with E-state index in [1.807, 2.05) is 33.7 Å². The molecule has 126 valence electrons. The summed E-state index contributed by atoms with van der Waals surface area (Å²) in [5.41, 5.74) is 0.381. The van der Waals surface area contributed by atoms with Gasteiger partial charge in [0.25, 0.3) is 5.56 Å². The Morgan fingerprint density at radius 1 is 1.46 bits per heavy atom. The van der Waals surface area contributed by atoms with Gasteiger partial charge in [-0.2, -0.15) is 5.10 Å². The van der Waals surface area contributed by atoms with Crippen LogP contribution in [0.2, 0.25) is 0 Å². The van der Waals surface area contributed by atoms with Crippen molar-refractivity contribution in [3.8, 4) is 0 Å². The van der Waals surface area contributed by atoms with Gasteiger partial charge in [0.15, 0.2) is 0 Å². The van der Waals surface area contributed by atoms with Gasteiger partial charge in [0.05, 0.1) is 0 Å². The SMILES string of the molecule is Cc1nn(CC(=O)N2CCC[C@@H](C)C2)c(=O)c2cc3ccsc3n12. The minimum Gasteiger partial charge on any atom is -0.341 e. The predicted molar refractivity (Wildman–Crippen MR) is 94.6 cm³/mol. The number of aryl methyl sites for hydroxylation is 1. The molecule has 6 nitrogen and oxygen atoms in total. The number of hydrogen-bond donors (Lipinski definition) is 0.